The minimum atomic E-state index is -1.56. The SMILES string of the molecule is CCOC(=O)NCC(=O)C(Cl)(Cl)C(C)Cc1ccccc1. The summed E-state index contributed by atoms with van der Waals surface area (Å²) in [5.41, 5.74) is 1.04. The van der Waals surface area contributed by atoms with Gasteiger partial charge in [-0.1, -0.05) is 60.5 Å². The molecule has 1 rings (SSSR count). The molecule has 0 aliphatic carbocycles. The summed E-state index contributed by atoms with van der Waals surface area (Å²) in [6.45, 7) is 3.45. The van der Waals surface area contributed by atoms with Crippen molar-refractivity contribution in [2.24, 2.45) is 5.92 Å². The molecule has 0 aliphatic heterocycles. The Morgan fingerprint density at radius 1 is 1.29 bits per heavy atom. The van der Waals surface area contributed by atoms with Gasteiger partial charge in [-0.2, -0.15) is 0 Å². The summed E-state index contributed by atoms with van der Waals surface area (Å²) in [5, 5.41) is 2.33. The van der Waals surface area contributed by atoms with Gasteiger partial charge in [-0.05, 0) is 18.9 Å². The van der Waals surface area contributed by atoms with Crippen LogP contribution in [-0.2, 0) is 16.0 Å². The van der Waals surface area contributed by atoms with Crippen LogP contribution in [0.1, 0.15) is 19.4 Å². The van der Waals surface area contributed by atoms with E-state index in [4.69, 9.17) is 23.2 Å². The molecule has 1 aromatic carbocycles. The van der Waals surface area contributed by atoms with E-state index < -0.39 is 16.2 Å². The van der Waals surface area contributed by atoms with Gasteiger partial charge >= 0.3 is 6.09 Å². The third-order valence-corrected chi connectivity index (χ3v) is 4.21. The zero-order valence-electron chi connectivity index (χ0n) is 12.1. The molecule has 4 nitrogen and oxygen atoms in total. The molecule has 0 fully saturated rings. The quantitative estimate of drug-likeness (QED) is 0.779. The number of alkyl carbamates (subject to hydrolysis) is 1. The number of Topliss-reactive ketones (excluding diaryl/α,β-unsaturated/α-hetero) is 1. The fourth-order valence-corrected chi connectivity index (χ4v) is 2.11. The van der Waals surface area contributed by atoms with E-state index in [9.17, 15) is 9.59 Å². The van der Waals surface area contributed by atoms with Gasteiger partial charge in [0.15, 0.2) is 10.1 Å². The zero-order chi connectivity index (χ0) is 15.9. The Morgan fingerprint density at radius 3 is 2.48 bits per heavy atom. The van der Waals surface area contributed by atoms with Crippen molar-refractivity contribution < 1.29 is 14.3 Å². The van der Waals surface area contributed by atoms with Gasteiger partial charge in [-0.3, -0.25) is 4.79 Å². The molecular formula is C15H19Cl2NO3. The lowest BCUT2D eigenvalue weighted by molar-refractivity contribution is -0.119. The number of nitrogens with one attached hydrogen (secondary N) is 1. The number of carbonyl (C=O) groups is 2. The molecule has 0 saturated heterocycles. The van der Waals surface area contributed by atoms with Crippen molar-refractivity contribution in [3.8, 4) is 0 Å². The predicted octanol–water partition coefficient (Wildman–Crippen LogP) is 3.35. The summed E-state index contributed by atoms with van der Waals surface area (Å²) in [6, 6.07) is 9.63. The van der Waals surface area contributed by atoms with Crippen molar-refractivity contribution in [1.82, 2.24) is 5.32 Å². The second-order valence-corrected chi connectivity index (χ2v) is 6.10. The zero-order valence-corrected chi connectivity index (χ0v) is 13.6. The molecule has 1 atom stereocenters. The van der Waals surface area contributed by atoms with Crippen molar-refractivity contribution in [2.75, 3.05) is 13.2 Å². The molecule has 116 valence electrons. The van der Waals surface area contributed by atoms with E-state index in [1.807, 2.05) is 30.3 Å². The van der Waals surface area contributed by atoms with Crippen LogP contribution in [0.5, 0.6) is 0 Å². The van der Waals surface area contributed by atoms with Gasteiger partial charge in [-0.15, -0.1) is 0 Å². The summed E-state index contributed by atoms with van der Waals surface area (Å²) in [6.07, 6.45) is -0.0930. The lowest BCUT2D eigenvalue weighted by Gasteiger charge is -2.25. The smallest absolute Gasteiger partial charge is 0.407 e. The molecule has 0 saturated carbocycles. The Morgan fingerprint density at radius 2 is 1.90 bits per heavy atom. The molecule has 0 radical (unpaired) electrons. The molecular weight excluding hydrogens is 313 g/mol. The Hall–Kier alpha value is -1.26. The number of benzene rings is 1. The lowest BCUT2D eigenvalue weighted by atomic mass is 9.95. The highest BCUT2D eigenvalue weighted by Crippen LogP contribution is 2.33. The van der Waals surface area contributed by atoms with Crippen LogP contribution in [0, 0.1) is 5.92 Å². The van der Waals surface area contributed by atoms with Crippen LogP contribution in [0.3, 0.4) is 0 Å². The molecule has 21 heavy (non-hydrogen) atoms. The maximum atomic E-state index is 12.1. The first-order valence-electron chi connectivity index (χ1n) is 6.73. The molecule has 6 heteroatoms. The van der Waals surface area contributed by atoms with Gasteiger partial charge < -0.3 is 10.1 Å². The van der Waals surface area contributed by atoms with Gasteiger partial charge in [0.05, 0.1) is 13.2 Å². The average Bonchev–Trinajstić information content (AvgIpc) is 2.46. The van der Waals surface area contributed by atoms with Crippen molar-refractivity contribution in [2.45, 2.75) is 24.6 Å². The van der Waals surface area contributed by atoms with E-state index in [2.05, 4.69) is 10.1 Å². The van der Waals surface area contributed by atoms with Crippen molar-refractivity contribution in [3.05, 3.63) is 35.9 Å². The van der Waals surface area contributed by atoms with E-state index >= 15 is 0 Å². The summed E-state index contributed by atoms with van der Waals surface area (Å²) < 4.78 is 3.11. The summed E-state index contributed by atoms with van der Waals surface area (Å²) in [5.74, 6) is -0.748. The van der Waals surface area contributed by atoms with Crippen molar-refractivity contribution in [1.29, 1.82) is 0 Å². The molecule has 1 N–H and O–H groups in total. The number of carbonyl (C=O) groups excluding carboxylic acids is 2. The molecule has 1 aromatic rings. The minimum absolute atomic E-state index is 0.233. The van der Waals surface area contributed by atoms with Crippen LogP contribution in [0.25, 0.3) is 0 Å². The van der Waals surface area contributed by atoms with E-state index in [1.54, 1.807) is 13.8 Å². The number of ketones is 1. The van der Waals surface area contributed by atoms with Gasteiger partial charge in [-0.25, -0.2) is 4.79 Å². The standard InChI is InChI=1S/C15H19Cl2NO3/c1-3-21-14(20)18-10-13(19)15(16,17)11(2)9-12-7-5-4-6-8-12/h4-8,11H,3,9-10H2,1-2H3,(H,18,20). The highest BCUT2D eigenvalue weighted by Gasteiger charge is 2.39. The van der Waals surface area contributed by atoms with Crippen LogP contribution in [0.2, 0.25) is 0 Å². The average molecular weight is 332 g/mol. The molecule has 0 spiro atoms. The van der Waals surface area contributed by atoms with Crippen LogP contribution in [-0.4, -0.2) is 29.4 Å². The molecule has 0 bridgehead atoms. The fourth-order valence-electron chi connectivity index (χ4n) is 1.82. The predicted molar refractivity (Wildman–Crippen MR) is 83.8 cm³/mol. The summed E-state index contributed by atoms with van der Waals surface area (Å²) >= 11 is 12.3. The Balaban J connectivity index is 2.57. The Bertz CT molecular complexity index is 477. The number of halogens is 2. The first kappa shape index (κ1) is 17.8. The number of ether oxygens (including phenoxy) is 1. The molecule has 1 unspecified atom stereocenters. The van der Waals surface area contributed by atoms with Crippen molar-refractivity contribution in [3.63, 3.8) is 0 Å². The first-order valence-corrected chi connectivity index (χ1v) is 7.49. The topological polar surface area (TPSA) is 55.4 Å². The van der Waals surface area contributed by atoms with Gasteiger partial charge in [0, 0.05) is 5.92 Å². The monoisotopic (exact) mass is 331 g/mol. The minimum Gasteiger partial charge on any atom is -0.450 e. The van der Waals surface area contributed by atoms with Gasteiger partial charge in [0.2, 0.25) is 0 Å². The third-order valence-electron chi connectivity index (χ3n) is 3.04. The number of rotatable bonds is 7. The second kappa shape index (κ2) is 8.25. The second-order valence-electron chi connectivity index (χ2n) is 4.71. The number of hydrogen-bond donors (Lipinski definition) is 1. The maximum absolute atomic E-state index is 12.1. The molecule has 0 aromatic heterocycles. The Kier molecular flexibility index (Phi) is 6.99. The van der Waals surface area contributed by atoms with Crippen LogP contribution in [0.15, 0.2) is 30.3 Å². The highest BCUT2D eigenvalue weighted by atomic mass is 35.5. The number of hydrogen-bond acceptors (Lipinski definition) is 3. The van der Waals surface area contributed by atoms with E-state index in [1.165, 1.54) is 0 Å². The normalized spacial score (nSPS) is 12.6. The molecule has 0 aliphatic rings. The van der Waals surface area contributed by atoms with E-state index in [0.29, 0.717) is 6.42 Å². The summed E-state index contributed by atoms with van der Waals surface area (Å²) in [7, 11) is 0. The van der Waals surface area contributed by atoms with Crippen LogP contribution < -0.4 is 5.32 Å². The Labute approximate surface area is 134 Å². The maximum Gasteiger partial charge on any atom is 0.407 e. The van der Waals surface area contributed by atoms with Crippen LogP contribution in [0.4, 0.5) is 4.79 Å². The number of amides is 1. The number of alkyl halides is 2. The van der Waals surface area contributed by atoms with E-state index in [0.717, 1.165) is 5.56 Å². The van der Waals surface area contributed by atoms with Crippen molar-refractivity contribution >= 4 is 35.1 Å². The van der Waals surface area contributed by atoms with Crippen LogP contribution >= 0.6 is 23.2 Å². The lowest BCUT2D eigenvalue weighted by Crippen LogP contribution is -2.42. The fraction of sp³-hybridized carbons (Fsp3) is 0.467. The molecule has 1 amide bonds. The van der Waals surface area contributed by atoms with Gasteiger partial charge in [0.1, 0.15) is 0 Å². The molecule has 0 heterocycles. The largest absolute Gasteiger partial charge is 0.450 e. The van der Waals surface area contributed by atoms with E-state index in [-0.39, 0.29) is 19.1 Å². The highest BCUT2D eigenvalue weighted by molar-refractivity contribution is 6.58. The third kappa shape index (κ3) is 5.56. The summed E-state index contributed by atoms with van der Waals surface area (Å²) in [4.78, 5) is 23.2. The van der Waals surface area contributed by atoms with Gasteiger partial charge in [0.25, 0.3) is 0 Å². The first-order chi connectivity index (χ1) is 9.87.